The minimum atomic E-state index is 0.112. The van der Waals surface area contributed by atoms with Gasteiger partial charge in [-0.15, -0.1) is 0 Å². The lowest BCUT2D eigenvalue weighted by Gasteiger charge is -2.42. The molecule has 3 rings (SSSR count). The van der Waals surface area contributed by atoms with Gasteiger partial charge in [-0.1, -0.05) is 0 Å². The van der Waals surface area contributed by atoms with Crippen LogP contribution in [0.1, 0.15) is 25.7 Å². The van der Waals surface area contributed by atoms with Gasteiger partial charge in [0, 0.05) is 51.7 Å². The highest BCUT2D eigenvalue weighted by Crippen LogP contribution is 2.25. The highest BCUT2D eigenvalue weighted by molar-refractivity contribution is 5.78. The third kappa shape index (κ3) is 4.89. The number of hydrogen-bond acceptors (Lipinski definition) is 6. The summed E-state index contributed by atoms with van der Waals surface area (Å²) in [5.41, 5.74) is 0. The molecule has 25 heavy (non-hydrogen) atoms. The molecule has 7 heteroatoms. The van der Waals surface area contributed by atoms with Crippen molar-refractivity contribution in [2.24, 2.45) is 5.92 Å². The highest BCUT2D eigenvalue weighted by Gasteiger charge is 2.31. The van der Waals surface area contributed by atoms with E-state index >= 15 is 0 Å². The van der Waals surface area contributed by atoms with Gasteiger partial charge in [-0.05, 0) is 38.3 Å². The number of carbonyl (C=O) groups excluding carboxylic acids is 1. The number of nitrogens with one attached hydrogen (secondary N) is 1. The van der Waals surface area contributed by atoms with Crippen molar-refractivity contribution in [1.29, 1.82) is 0 Å². The van der Waals surface area contributed by atoms with E-state index < -0.39 is 0 Å². The quantitative estimate of drug-likeness (QED) is 0.772. The first-order valence-corrected chi connectivity index (χ1v) is 9.30. The van der Waals surface area contributed by atoms with Crippen molar-refractivity contribution in [1.82, 2.24) is 20.2 Å². The molecule has 138 valence electrons. The smallest absolute Gasteiger partial charge is 0.225 e. The molecule has 1 amide bonds. The van der Waals surface area contributed by atoms with E-state index in [2.05, 4.69) is 25.1 Å². The van der Waals surface area contributed by atoms with Gasteiger partial charge in [0.25, 0.3) is 0 Å². The SMILES string of the molecule is COCCNC(=O)[C@H]1CCCN(C2CCN(c3ncccn3)CC2)C1. The Morgan fingerprint density at radius 2 is 2.00 bits per heavy atom. The minimum absolute atomic E-state index is 0.112. The van der Waals surface area contributed by atoms with E-state index in [1.165, 1.54) is 0 Å². The normalized spacial score (nSPS) is 22.8. The summed E-state index contributed by atoms with van der Waals surface area (Å²) in [6.07, 6.45) is 7.90. The summed E-state index contributed by atoms with van der Waals surface area (Å²) in [4.78, 5) is 25.8. The Balaban J connectivity index is 1.47. The maximum Gasteiger partial charge on any atom is 0.225 e. The van der Waals surface area contributed by atoms with Crippen molar-refractivity contribution in [3.05, 3.63) is 18.5 Å². The molecule has 2 aliphatic rings. The zero-order valence-electron chi connectivity index (χ0n) is 15.1. The molecule has 0 aliphatic carbocycles. The van der Waals surface area contributed by atoms with Gasteiger partial charge in [-0.25, -0.2) is 9.97 Å². The van der Waals surface area contributed by atoms with Crippen LogP contribution in [0.5, 0.6) is 0 Å². The Morgan fingerprint density at radius 1 is 1.24 bits per heavy atom. The second-order valence-electron chi connectivity index (χ2n) is 6.88. The number of rotatable bonds is 6. The van der Waals surface area contributed by atoms with Crippen LogP contribution in [0, 0.1) is 5.92 Å². The zero-order valence-corrected chi connectivity index (χ0v) is 15.1. The van der Waals surface area contributed by atoms with Crippen molar-refractivity contribution in [2.45, 2.75) is 31.7 Å². The van der Waals surface area contributed by atoms with Crippen molar-refractivity contribution in [2.75, 3.05) is 51.3 Å². The molecule has 1 aromatic rings. The topological polar surface area (TPSA) is 70.6 Å². The molecule has 0 radical (unpaired) electrons. The van der Waals surface area contributed by atoms with E-state index in [9.17, 15) is 4.79 Å². The van der Waals surface area contributed by atoms with Gasteiger partial charge in [0.15, 0.2) is 0 Å². The van der Waals surface area contributed by atoms with Crippen LogP contribution in [0.15, 0.2) is 18.5 Å². The summed E-state index contributed by atoms with van der Waals surface area (Å²) in [7, 11) is 1.65. The number of ether oxygens (including phenoxy) is 1. The summed E-state index contributed by atoms with van der Waals surface area (Å²) in [6, 6.07) is 2.41. The number of piperidine rings is 2. The number of hydrogen-bond donors (Lipinski definition) is 1. The fourth-order valence-electron chi connectivity index (χ4n) is 3.86. The van der Waals surface area contributed by atoms with Crippen molar-refractivity contribution in [3.8, 4) is 0 Å². The third-order valence-corrected chi connectivity index (χ3v) is 5.24. The number of methoxy groups -OCH3 is 1. The first-order chi connectivity index (χ1) is 12.3. The van der Waals surface area contributed by atoms with E-state index in [4.69, 9.17) is 4.74 Å². The number of aromatic nitrogens is 2. The lowest BCUT2D eigenvalue weighted by atomic mass is 9.93. The third-order valence-electron chi connectivity index (χ3n) is 5.24. The molecule has 1 N–H and O–H groups in total. The van der Waals surface area contributed by atoms with E-state index in [1.807, 2.05) is 6.07 Å². The van der Waals surface area contributed by atoms with Crippen LogP contribution in [0.3, 0.4) is 0 Å². The number of anilines is 1. The zero-order chi connectivity index (χ0) is 17.5. The van der Waals surface area contributed by atoms with Crippen LogP contribution in [0.25, 0.3) is 0 Å². The van der Waals surface area contributed by atoms with E-state index in [0.717, 1.165) is 57.8 Å². The maximum atomic E-state index is 12.3. The molecule has 3 heterocycles. The molecule has 2 aliphatic heterocycles. The van der Waals surface area contributed by atoms with E-state index in [1.54, 1.807) is 19.5 Å². The Labute approximate surface area is 149 Å². The van der Waals surface area contributed by atoms with Gasteiger partial charge in [-0.2, -0.15) is 0 Å². The summed E-state index contributed by atoms with van der Waals surface area (Å²) < 4.78 is 5.00. The molecule has 2 saturated heterocycles. The molecule has 0 spiro atoms. The Bertz CT molecular complexity index is 534. The molecule has 1 atom stereocenters. The fourth-order valence-corrected chi connectivity index (χ4v) is 3.86. The first-order valence-electron chi connectivity index (χ1n) is 9.30. The molecular weight excluding hydrogens is 318 g/mol. The second-order valence-corrected chi connectivity index (χ2v) is 6.88. The van der Waals surface area contributed by atoms with Crippen LogP contribution < -0.4 is 10.2 Å². The van der Waals surface area contributed by atoms with Gasteiger partial charge in [0.05, 0.1) is 12.5 Å². The number of carbonyl (C=O) groups is 1. The monoisotopic (exact) mass is 347 g/mol. The summed E-state index contributed by atoms with van der Waals surface area (Å²) in [5, 5.41) is 2.99. The molecule has 1 aromatic heterocycles. The molecule has 2 fully saturated rings. The van der Waals surface area contributed by atoms with Gasteiger partial charge in [0.2, 0.25) is 11.9 Å². The average Bonchev–Trinajstić information content (AvgIpc) is 2.69. The Morgan fingerprint density at radius 3 is 2.72 bits per heavy atom. The molecule has 0 unspecified atom stereocenters. The fraction of sp³-hybridized carbons (Fsp3) is 0.722. The number of nitrogens with zero attached hydrogens (tertiary/aromatic N) is 4. The Hall–Kier alpha value is -1.73. The lowest BCUT2D eigenvalue weighted by molar-refractivity contribution is -0.127. The minimum Gasteiger partial charge on any atom is -0.383 e. The van der Waals surface area contributed by atoms with Gasteiger partial charge in [0.1, 0.15) is 0 Å². The standard InChI is InChI=1S/C18H29N5O2/c1-25-13-9-19-17(24)15-4-2-10-23(14-15)16-5-11-22(12-6-16)18-20-7-3-8-21-18/h3,7-8,15-16H,2,4-6,9-14H2,1H3,(H,19,24)/t15-/m0/s1. The van der Waals surface area contributed by atoms with Crippen molar-refractivity contribution >= 4 is 11.9 Å². The van der Waals surface area contributed by atoms with Crippen LogP contribution in [0.4, 0.5) is 5.95 Å². The van der Waals surface area contributed by atoms with Crippen molar-refractivity contribution in [3.63, 3.8) is 0 Å². The summed E-state index contributed by atoms with van der Waals surface area (Å²) in [5.74, 6) is 1.12. The Kier molecular flexibility index (Phi) is 6.58. The lowest BCUT2D eigenvalue weighted by Crippen LogP contribution is -2.51. The van der Waals surface area contributed by atoms with Crippen LogP contribution >= 0.6 is 0 Å². The summed E-state index contributed by atoms with van der Waals surface area (Å²) >= 11 is 0. The average molecular weight is 347 g/mol. The highest BCUT2D eigenvalue weighted by atomic mass is 16.5. The molecule has 7 nitrogen and oxygen atoms in total. The molecule has 0 bridgehead atoms. The molecular formula is C18H29N5O2. The van der Waals surface area contributed by atoms with Crippen LogP contribution in [0.2, 0.25) is 0 Å². The van der Waals surface area contributed by atoms with Gasteiger partial charge in [-0.3, -0.25) is 9.69 Å². The van der Waals surface area contributed by atoms with Crippen LogP contribution in [-0.2, 0) is 9.53 Å². The molecule has 0 aromatic carbocycles. The first kappa shape index (κ1) is 18.1. The maximum absolute atomic E-state index is 12.3. The summed E-state index contributed by atoms with van der Waals surface area (Å²) in [6.45, 7) is 5.12. The van der Waals surface area contributed by atoms with Crippen molar-refractivity contribution < 1.29 is 9.53 Å². The number of amides is 1. The predicted molar refractivity (Wildman–Crippen MR) is 96.4 cm³/mol. The largest absolute Gasteiger partial charge is 0.383 e. The van der Waals surface area contributed by atoms with E-state index in [-0.39, 0.29) is 11.8 Å². The van der Waals surface area contributed by atoms with Gasteiger partial charge < -0.3 is 15.0 Å². The van der Waals surface area contributed by atoms with Gasteiger partial charge >= 0.3 is 0 Å². The molecule has 0 saturated carbocycles. The van der Waals surface area contributed by atoms with E-state index in [0.29, 0.717) is 19.2 Å². The number of likely N-dealkylation sites (tertiary alicyclic amines) is 1. The second kappa shape index (κ2) is 9.10. The van der Waals surface area contributed by atoms with Crippen LogP contribution in [-0.4, -0.2) is 73.3 Å². The predicted octanol–water partition coefficient (Wildman–Crippen LogP) is 0.920.